The van der Waals surface area contributed by atoms with Crippen molar-refractivity contribution in [1.29, 1.82) is 0 Å². The van der Waals surface area contributed by atoms with Gasteiger partial charge in [-0.2, -0.15) is 0 Å². The van der Waals surface area contributed by atoms with E-state index < -0.39 is 28.9 Å². The smallest absolute Gasteiger partial charge is 0.256 e. The molecule has 0 bridgehead atoms. The molecule has 0 unspecified atom stereocenters. The number of carbonyl (C=O) groups excluding carboxylic acids is 2. The molecule has 2 N–H and O–H groups in total. The number of nitrogens with zero attached hydrogens (tertiary/aromatic N) is 1. The molecule has 0 spiro atoms. The number of hydrogen-bond acceptors (Lipinski definition) is 3. The van der Waals surface area contributed by atoms with Crippen LogP contribution in [0.4, 0.5) is 8.78 Å². The van der Waals surface area contributed by atoms with Crippen LogP contribution in [0.1, 0.15) is 35.2 Å². The number of aryl methyl sites for hydroxylation is 1. The van der Waals surface area contributed by atoms with E-state index in [1.807, 2.05) is 6.92 Å². The number of rotatable bonds is 6. The maximum Gasteiger partial charge on any atom is 0.256 e. The summed E-state index contributed by atoms with van der Waals surface area (Å²) in [6, 6.07) is 8.10. The summed E-state index contributed by atoms with van der Waals surface area (Å²) in [6.07, 6.45) is 1.25. The largest absolute Gasteiger partial charge is 0.493 e. The Hall–Kier alpha value is -2.67. The van der Waals surface area contributed by atoms with Gasteiger partial charge in [-0.25, -0.2) is 8.78 Å². The summed E-state index contributed by atoms with van der Waals surface area (Å²) in [5.41, 5.74) is 5.42. The van der Waals surface area contributed by atoms with E-state index in [1.54, 1.807) is 18.2 Å². The number of hydrogen-bond donors (Lipinski definition) is 1. The quantitative estimate of drug-likeness (QED) is 0.740. The van der Waals surface area contributed by atoms with Gasteiger partial charge < -0.3 is 15.4 Å². The van der Waals surface area contributed by atoms with E-state index in [-0.39, 0.29) is 25.1 Å². The Morgan fingerprint density at radius 1 is 1.23 bits per heavy atom. The third-order valence-electron chi connectivity index (χ3n) is 5.33. The molecule has 1 aliphatic rings. The molecule has 1 fully saturated rings. The molecule has 1 atom stereocenters. The zero-order valence-electron chi connectivity index (χ0n) is 16.6. The molecule has 3 rings (SSSR count). The maximum atomic E-state index is 14.1. The summed E-state index contributed by atoms with van der Waals surface area (Å²) < 4.78 is 33.2. The highest BCUT2D eigenvalue weighted by molar-refractivity contribution is 6.31. The van der Waals surface area contributed by atoms with E-state index in [0.29, 0.717) is 36.2 Å². The first-order valence-electron chi connectivity index (χ1n) is 9.61. The van der Waals surface area contributed by atoms with Crippen LogP contribution >= 0.6 is 11.6 Å². The Morgan fingerprint density at radius 2 is 2.00 bits per heavy atom. The Bertz CT molecular complexity index is 969. The number of piperidine rings is 1. The Balaban J connectivity index is 1.80. The number of carbonyl (C=O) groups is 2. The van der Waals surface area contributed by atoms with Crippen LogP contribution in [0.3, 0.4) is 0 Å². The Kier molecular flexibility index (Phi) is 6.61. The van der Waals surface area contributed by atoms with Crippen molar-refractivity contribution < 1.29 is 23.1 Å². The van der Waals surface area contributed by atoms with Crippen LogP contribution in [0.15, 0.2) is 36.4 Å². The van der Waals surface area contributed by atoms with Gasteiger partial charge in [0.2, 0.25) is 5.91 Å². The number of ether oxygens (including phenoxy) is 1. The van der Waals surface area contributed by atoms with Gasteiger partial charge in [-0.1, -0.05) is 11.6 Å². The number of benzene rings is 2. The van der Waals surface area contributed by atoms with Gasteiger partial charge in [0, 0.05) is 36.0 Å². The van der Waals surface area contributed by atoms with Gasteiger partial charge in [0.1, 0.15) is 17.4 Å². The number of amides is 2. The topological polar surface area (TPSA) is 72.6 Å². The fourth-order valence-electron chi connectivity index (χ4n) is 3.84. The molecular weight excluding hydrogens is 414 g/mol. The van der Waals surface area contributed by atoms with Gasteiger partial charge >= 0.3 is 0 Å². The molecule has 2 aromatic rings. The van der Waals surface area contributed by atoms with Gasteiger partial charge in [0.05, 0.1) is 12.2 Å². The number of likely N-dealkylation sites (tertiary alicyclic amines) is 1. The first-order chi connectivity index (χ1) is 14.2. The van der Waals surface area contributed by atoms with Gasteiger partial charge in [-0.15, -0.1) is 0 Å². The molecule has 2 amide bonds. The van der Waals surface area contributed by atoms with Crippen molar-refractivity contribution >= 4 is 23.4 Å². The summed E-state index contributed by atoms with van der Waals surface area (Å²) in [4.78, 5) is 26.1. The Labute approximate surface area is 178 Å². The number of halogens is 3. The monoisotopic (exact) mass is 436 g/mol. The third kappa shape index (κ3) is 5.08. The SMILES string of the molecule is Cc1cc(OC[C@@]2(CC(N)=O)CCCN(C(=O)c3ccc(F)cc3F)C2)ccc1Cl. The summed E-state index contributed by atoms with van der Waals surface area (Å²) in [5, 5.41) is 0.616. The second-order valence-corrected chi connectivity index (χ2v) is 8.20. The van der Waals surface area contributed by atoms with Crippen LogP contribution in [0, 0.1) is 24.0 Å². The minimum atomic E-state index is -0.918. The van der Waals surface area contributed by atoms with E-state index in [2.05, 4.69) is 0 Å². The molecule has 8 heteroatoms. The molecule has 5 nitrogen and oxygen atoms in total. The fraction of sp³-hybridized carbons (Fsp3) is 0.364. The highest BCUT2D eigenvalue weighted by Gasteiger charge is 2.40. The highest BCUT2D eigenvalue weighted by Crippen LogP contribution is 2.35. The van der Waals surface area contributed by atoms with Crippen molar-refractivity contribution in [3.05, 3.63) is 64.2 Å². The first-order valence-corrected chi connectivity index (χ1v) is 9.98. The summed E-state index contributed by atoms with van der Waals surface area (Å²) in [5.74, 6) is -2.14. The minimum Gasteiger partial charge on any atom is -0.493 e. The molecule has 1 heterocycles. The van der Waals surface area contributed by atoms with E-state index >= 15 is 0 Å². The van der Waals surface area contributed by atoms with Crippen molar-refractivity contribution in [1.82, 2.24) is 4.90 Å². The zero-order valence-corrected chi connectivity index (χ0v) is 17.3. The first kappa shape index (κ1) is 22.0. The molecule has 1 saturated heterocycles. The normalized spacial score (nSPS) is 18.9. The number of primary amides is 1. The van der Waals surface area contributed by atoms with Crippen LogP contribution in [0.5, 0.6) is 5.75 Å². The lowest BCUT2D eigenvalue weighted by Gasteiger charge is -2.42. The van der Waals surface area contributed by atoms with Crippen molar-refractivity contribution in [2.45, 2.75) is 26.2 Å². The van der Waals surface area contributed by atoms with E-state index in [0.717, 1.165) is 17.7 Å². The molecule has 0 aromatic heterocycles. The molecule has 160 valence electrons. The lowest BCUT2D eigenvalue weighted by Crippen LogP contribution is -2.50. The summed E-state index contributed by atoms with van der Waals surface area (Å²) >= 11 is 6.05. The van der Waals surface area contributed by atoms with Crippen LogP contribution < -0.4 is 10.5 Å². The van der Waals surface area contributed by atoms with Gasteiger partial charge in [0.25, 0.3) is 5.91 Å². The molecule has 0 radical (unpaired) electrons. The lowest BCUT2D eigenvalue weighted by atomic mass is 9.77. The van der Waals surface area contributed by atoms with Crippen molar-refractivity contribution in [2.24, 2.45) is 11.1 Å². The Morgan fingerprint density at radius 3 is 2.67 bits per heavy atom. The second kappa shape index (κ2) is 9.00. The average Bonchev–Trinajstić information content (AvgIpc) is 2.68. The van der Waals surface area contributed by atoms with E-state index in [1.165, 1.54) is 4.90 Å². The van der Waals surface area contributed by atoms with Crippen LogP contribution in [0.2, 0.25) is 5.02 Å². The molecule has 1 aliphatic heterocycles. The molecule has 2 aromatic carbocycles. The number of nitrogens with two attached hydrogens (primary N) is 1. The van der Waals surface area contributed by atoms with Gasteiger partial charge in [-0.05, 0) is 55.7 Å². The van der Waals surface area contributed by atoms with Crippen LogP contribution in [-0.4, -0.2) is 36.4 Å². The standard InChI is InChI=1S/C22H23ClF2N2O3/c1-14-9-16(4-6-18(14)23)30-13-22(11-20(26)28)7-2-8-27(12-22)21(29)17-5-3-15(24)10-19(17)25/h3-6,9-10H,2,7-8,11-13H2,1H3,(H2,26,28)/t22-/m1/s1. The summed E-state index contributed by atoms with van der Waals surface area (Å²) in [6.45, 7) is 2.59. The predicted octanol–water partition coefficient (Wildman–Crippen LogP) is 4.10. The second-order valence-electron chi connectivity index (χ2n) is 7.80. The fourth-order valence-corrected chi connectivity index (χ4v) is 3.96. The minimum absolute atomic E-state index is 0.0231. The zero-order chi connectivity index (χ0) is 21.9. The van der Waals surface area contributed by atoms with Crippen molar-refractivity contribution in [3.63, 3.8) is 0 Å². The predicted molar refractivity (Wildman–Crippen MR) is 109 cm³/mol. The van der Waals surface area contributed by atoms with Gasteiger partial charge in [0.15, 0.2) is 0 Å². The molecule has 0 saturated carbocycles. The van der Waals surface area contributed by atoms with E-state index in [9.17, 15) is 18.4 Å². The van der Waals surface area contributed by atoms with Crippen LogP contribution in [-0.2, 0) is 4.79 Å². The summed E-state index contributed by atoms with van der Waals surface area (Å²) in [7, 11) is 0. The molecule has 30 heavy (non-hydrogen) atoms. The van der Waals surface area contributed by atoms with Crippen molar-refractivity contribution in [3.8, 4) is 5.75 Å². The lowest BCUT2D eigenvalue weighted by molar-refractivity contribution is -0.122. The molecular formula is C22H23ClF2N2O3. The molecule has 0 aliphatic carbocycles. The maximum absolute atomic E-state index is 14.1. The highest BCUT2D eigenvalue weighted by atomic mass is 35.5. The van der Waals surface area contributed by atoms with Crippen molar-refractivity contribution in [2.75, 3.05) is 19.7 Å². The average molecular weight is 437 g/mol. The van der Waals surface area contributed by atoms with Gasteiger partial charge in [-0.3, -0.25) is 9.59 Å². The van der Waals surface area contributed by atoms with Crippen LogP contribution in [0.25, 0.3) is 0 Å². The van der Waals surface area contributed by atoms with E-state index in [4.69, 9.17) is 22.1 Å². The third-order valence-corrected chi connectivity index (χ3v) is 5.76.